The summed E-state index contributed by atoms with van der Waals surface area (Å²) in [5.41, 5.74) is 10.2. The van der Waals surface area contributed by atoms with Crippen LogP contribution >= 0.6 is 31.0 Å². The Hall–Kier alpha value is -6.24. The highest BCUT2D eigenvalue weighted by Gasteiger charge is 2.37. The van der Waals surface area contributed by atoms with Crippen LogP contribution in [0.1, 0.15) is 100 Å². The van der Waals surface area contributed by atoms with E-state index in [0.29, 0.717) is 60.2 Å². The van der Waals surface area contributed by atoms with Gasteiger partial charge in [0.15, 0.2) is 0 Å². The number of phosphoric acid groups is 1. The van der Waals surface area contributed by atoms with Crippen LogP contribution in [0.5, 0.6) is 11.5 Å². The molecule has 5 aromatic carbocycles. The highest BCUT2D eigenvalue weighted by molar-refractivity contribution is 7.46. The molecule has 18 nitrogen and oxygen atoms in total. The molecule has 0 saturated heterocycles. The monoisotopic (exact) mass is 1150 g/mol. The molecule has 8 rings (SSSR count). The molecule has 0 spiro atoms. The van der Waals surface area contributed by atoms with Gasteiger partial charge >= 0.3 is 13.9 Å². The number of halogens is 2. The minimum absolute atomic E-state index is 0.0376. The third kappa shape index (κ3) is 15.2. The standard InChI is InChI=1S/C59H73Cl2N8O10P/c1-38(2)48(63-26-9-3-4-10-28-67-55(72)24-25-56(67)73)34-66-43(13-12-27-64-59(62)74)33-65-42-22-20-39(21-23-42)37-78-51-29-49-57(46-16-7-5-14-44(46)51)40(31-60)35-68(49)53(70)18-11-19-54(71)69-36-41(32-61)58-47-17-8-6-15-45(47)52(30-50(58)69)79-80(75,76)77/h5-8,14-17,20-25,29-30,38,40-41,43,48,63,65-66H,3-4,9-13,18-19,26-28,31-37H2,1-2H3,(H3,62,64,74)(H2,75,76,77)/t40-,41-,43+,48-/m1/s1. The number of phosphoric ester groups is 1. The van der Waals surface area contributed by atoms with E-state index >= 15 is 0 Å². The van der Waals surface area contributed by atoms with E-state index in [1.54, 1.807) is 21.9 Å². The van der Waals surface area contributed by atoms with Gasteiger partial charge in [0, 0.05) is 129 Å². The van der Waals surface area contributed by atoms with Gasteiger partial charge in [-0.1, -0.05) is 87.4 Å². The molecule has 3 aliphatic rings. The quantitative estimate of drug-likeness (QED) is 0.00983. The number of urea groups is 1. The third-order valence-electron chi connectivity index (χ3n) is 15.2. The molecular weight excluding hydrogens is 1080 g/mol. The minimum Gasteiger partial charge on any atom is -0.488 e. The average molecular weight is 1160 g/mol. The lowest BCUT2D eigenvalue weighted by atomic mass is 9.95. The van der Waals surface area contributed by atoms with E-state index in [0.717, 1.165) is 90.5 Å². The van der Waals surface area contributed by atoms with E-state index in [1.165, 1.54) is 23.1 Å². The van der Waals surface area contributed by atoms with Gasteiger partial charge in [-0.25, -0.2) is 9.36 Å². The number of carbonyl (C=O) groups is 5. The van der Waals surface area contributed by atoms with Crippen molar-refractivity contribution in [3.05, 3.63) is 114 Å². The summed E-state index contributed by atoms with van der Waals surface area (Å²) < 4.78 is 23.7. The fourth-order valence-electron chi connectivity index (χ4n) is 11.0. The fraction of sp³-hybridized carbons (Fsp3) is 0.441. The molecule has 0 aromatic heterocycles. The molecule has 4 atom stereocenters. The largest absolute Gasteiger partial charge is 0.524 e. The number of unbranched alkanes of at least 4 members (excludes halogenated alkanes) is 3. The van der Waals surface area contributed by atoms with Crippen LogP contribution in [-0.4, -0.2) is 114 Å². The minimum atomic E-state index is -4.92. The van der Waals surface area contributed by atoms with E-state index < -0.39 is 13.9 Å². The zero-order valence-electron chi connectivity index (χ0n) is 45.3. The number of fused-ring (bicyclic) bond motifs is 6. The van der Waals surface area contributed by atoms with Crippen molar-refractivity contribution in [1.29, 1.82) is 0 Å². The number of carbonyl (C=O) groups excluding carboxylic acids is 5. The highest BCUT2D eigenvalue weighted by Crippen LogP contribution is 2.50. The van der Waals surface area contributed by atoms with Gasteiger partial charge < -0.3 is 46.1 Å². The predicted molar refractivity (Wildman–Crippen MR) is 315 cm³/mol. The van der Waals surface area contributed by atoms with Crippen molar-refractivity contribution in [3.8, 4) is 11.5 Å². The van der Waals surface area contributed by atoms with E-state index in [1.807, 2.05) is 66.7 Å². The number of nitrogens with zero attached hydrogens (tertiary/aromatic N) is 3. The predicted octanol–water partition coefficient (Wildman–Crippen LogP) is 9.17. The summed E-state index contributed by atoms with van der Waals surface area (Å²) in [4.78, 5) is 87.3. The zero-order valence-corrected chi connectivity index (χ0v) is 47.7. The van der Waals surface area contributed by atoms with Gasteiger partial charge in [0.25, 0.3) is 11.8 Å². The number of primary amides is 1. The Kier molecular flexibility index (Phi) is 20.9. The van der Waals surface area contributed by atoms with Crippen LogP contribution < -0.4 is 46.1 Å². The van der Waals surface area contributed by atoms with Crippen molar-refractivity contribution < 1.29 is 47.6 Å². The number of alkyl halides is 2. The van der Waals surface area contributed by atoms with Gasteiger partial charge in [0.2, 0.25) is 11.8 Å². The Balaban J connectivity index is 0.861. The zero-order chi connectivity index (χ0) is 56.9. The maximum Gasteiger partial charge on any atom is 0.524 e. The lowest BCUT2D eigenvalue weighted by Gasteiger charge is -2.27. The number of nitrogens with two attached hydrogens (primary N) is 1. The van der Waals surface area contributed by atoms with Crippen molar-refractivity contribution >= 4 is 99.3 Å². The van der Waals surface area contributed by atoms with Crippen molar-refractivity contribution in [2.45, 2.75) is 102 Å². The molecule has 21 heteroatoms. The molecule has 0 radical (unpaired) electrons. The second kappa shape index (κ2) is 28.0. The van der Waals surface area contributed by atoms with Gasteiger partial charge in [-0.15, -0.1) is 23.2 Å². The molecule has 80 heavy (non-hydrogen) atoms. The maximum absolute atomic E-state index is 14.2. The second-order valence-corrected chi connectivity index (χ2v) is 22.9. The van der Waals surface area contributed by atoms with Gasteiger partial charge in [-0.05, 0) is 84.2 Å². The SMILES string of the molecule is CC(C)[C@@H](CN[C@@H](CCCNC(N)=O)CNc1ccc(COc2cc3c(c4ccccc24)[C@H](CCl)CN3C(=O)CCCC(=O)N2C[C@@H](CCl)c3c2cc(OP(=O)(O)O)c2ccccc32)cc1)NCCCCCCN1C(=O)C=CC1=O. The molecule has 0 aliphatic carbocycles. The normalized spacial score (nSPS) is 16.7. The lowest BCUT2D eigenvalue weighted by Crippen LogP contribution is -2.47. The molecule has 6 amide bonds. The Morgan fingerprint density at radius 2 is 1.27 bits per heavy atom. The Morgan fingerprint density at radius 1 is 0.713 bits per heavy atom. The van der Waals surface area contributed by atoms with Crippen LogP contribution in [0.2, 0.25) is 0 Å². The number of imide groups is 1. The van der Waals surface area contributed by atoms with Crippen LogP contribution in [0, 0.1) is 5.92 Å². The number of hydrogen-bond acceptors (Lipinski definition) is 11. The van der Waals surface area contributed by atoms with E-state index in [4.69, 9.17) is 38.2 Å². The van der Waals surface area contributed by atoms with Gasteiger partial charge in [-0.3, -0.25) is 33.9 Å². The van der Waals surface area contributed by atoms with Crippen LogP contribution in [0.4, 0.5) is 21.9 Å². The molecule has 0 fully saturated rings. The first kappa shape index (κ1) is 59.9. The molecule has 3 heterocycles. The number of hydrogen-bond donors (Lipinski definition) is 7. The number of benzene rings is 5. The Labute approximate surface area is 477 Å². The van der Waals surface area contributed by atoms with Crippen molar-refractivity contribution in [1.82, 2.24) is 20.9 Å². The molecule has 8 N–H and O–H groups in total. The molecule has 0 saturated carbocycles. The van der Waals surface area contributed by atoms with E-state index in [9.17, 15) is 38.3 Å². The summed E-state index contributed by atoms with van der Waals surface area (Å²) in [5.74, 6) is 0.277. The number of nitrogens with one attached hydrogen (secondary N) is 4. The van der Waals surface area contributed by atoms with Gasteiger partial charge in [0.05, 0.1) is 11.4 Å². The smallest absolute Gasteiger partial charge is 0.488 e. The summed E-state index contributed by atoms with van der Waals surface area (Å²) >= 11 is 13.1. The second-order valence-electron chi connectivity index (χ2n) is 21.1. The number of rotatable bonds is 30. The number of anilines is 3. The molecule has 0 unspecified atom stereocenters. The van der Waals surface area contributed by atoms with Crippen LogP contribution in [0.25, 0.3) is 21.5 Å². The molecule has 3 aliphatic heterocycles. The third-order valence-corrected chi connectivity index (χ3v) is 16.4. The molecule has 428 valence electrons. The maximum atomic E-state index is 14.2. The summed E-state index contributed by atoms with van der Waals surface area (Å²) in [6.45, 7) is 8.51. The van der Waals surface area contributed by atoms with E-state index in [-0.39, 0.29) is 91.6 Å². The summed E-state index contributed by atoms with van der Waals surface area (Å²) in [6.07, 6.45) is 8.30. The summed E-state index contributed by atoms with van der Waals surface area (Å²) in [6, 6.07) is 26.3. The van der Waals surface area contributed by atoms with Crippen LogP contribution in [0.15, 0.2) is 97.1 Å². The average Bonchev–Trinajstić information content (AvgIpc) is 4.17. The van der Waals surface area contributed by atoms with Crippen molar-refractivity contribution in [2.24, 2.45) is 11.7 Å². The molecule has 5 aromatic rings. The Bertz CT molecular complexity index is 3090. The topological polar surface area (TPSA) is 245 Å². The van der Waals surface area contributed by atoms with Crippen molar-refractivity contribution in [2.75, 3.05) is 72.7 Å². The van der Waals surface area contributed by atoms with E-state index in [2.05, 4.69) is 35.1 Å². The molecule has 0 bridgehead atoms. The van der Waals surface area contributed by atoms with Crippen LogP contribution in [0.3, 0.4) is 0 Å². The fourth-order valence-corrected chi connectivity index (χ4v) is 11.9. The highest BCUT2D eigenvalue weighted by atomic mass is 35.5. The first-order valence-corrected chi connectivity index (χ1v) is 30.2. The number of ether oxygens (including phenoxy) is 1. The van der Waals surface area contributed by atoms with Gasteiger partial charge in [-0.2, -0.15) is 0 Å². The number of amides is 6. The first-order valence-electron chi connectivity index (χ1n) is 27.6. The van der Waals surface area contributed by atoms with Crippen LogP contribution in [-0.2, 0) is 30.4 Å². The summed E-state index contributed by atoms with van der Waals surface area (Å²) in [7, 11) is -4.92. The van der Waals surface area contributed by atoms with Crippen molar-refractivity contribution in [3.63, 3.8) is 0 Å². The van der Waals surface area contributed by atoms with Gasteiger partial charge in [0.1, 0.15) is 18.1 Å². The lowest BCUT2D eigenvalue weighted by molar-refractivity contribution is -0.137. The summed E-state index contributed by atoms with van der Waals surface area (Å²) in [5, 5.41) is 16.8. The molecular formula is C59H73Cl2N8O10P. The Morgan fingerprint density at radius 3 is 1.84 bits per heavy atom. The first-order chi connectivity index (χ1) is 38.5.